The second-order valence-corrected chi connectivity index (χ2v) is 5.18. The molecule has 0 aliphatic heterocycles. The fourth-order valence-electron chi connectivity index (χ4n) is 2.48. The molecular formula is C13H21N3. The van der Waals surface area contributed by atoms with Crippen LogP contribution in [0.2, 0.25) is 0 Å². The number of aromatic amines is 1. The summed E-state index contributed by atoms with van der Waals surface area (Å²) in [5.41, 5.74) is 2.75. The van der Waals surface area contributed by atoms with Gasteiger partial charge in [0.05, 0.1) is 12.2 Å². The number of nitrogens with zero attached hydrogens (tertiary/aromatic N) is 1. The van der Waals surface area contributed by atoms with Crippen LogP contribution < -0.4 is 5.32 Å². The summed E-state index contributed by atoms with van der Waals surface area (Å²) in [5, 5.41) is 3.52. The molecule has 0 aromatic carbocycles. The highest BCUT2D eigenvalue weighted by molar-refractivity contribution is 5.16. The molecule has 0 spiro atoms. The predicted molar refractivity (Wildman–Crippen MR) is 64.3 cm³/mol. The highest BCUT2D eigenvalue weighted by Gasteiger charge is 2.21. The number of aromatic nitrogens is 2. The van der Waals surface area contributed by atoms with E-state index in [0.29, 0.717) is 0 Å². The highest BCUT2D eigenvalue weighted by Crippen LogP contribution is 2.20. The minimum absolute atomic E-state index is 0.771. The third-order valence-electron chi connectivity index (χ3n) is 3.64. The van der Waals surface area contributed by atoms with Gasteiger partial charge in [0.1, 0.15) is 5.82 Å². The molecule has 0 amide bonds. The van der Waals surface area contributed by atoms with Crippen molar-refractivity contribution < 1.29 is 0 Å². The van der Waals surface area contributed by atoms with Gasteiger partial charge >= 0.3 is 0 Å². The standard InChI is InChI=1S/C13H21N3/c1-2-4-6-12-11(5-3-1)15-13(16-12)9-14-10-7-8-10/h10,14H,1-9H2,(H,15,16). The van der Waals surface area contributed by atoms with Gasteiger partial charge in [-0.3, -0.25) is 0 Å². The molecule has 1 aromatic heterocycles. The van der Waals surface area contributed by atoms with Crippen LogP contribution in [-0.2, 0) is 19.4 Å². The summed E-state index contributed by atoms with van der Waals surface area (Å²) in [7, 11) is 0. The van der Waals surface area contributed by atoms with Gasteiger partial charge in [0, 0.05) is 11.7 Å². The quantitative estimate of drug-likeness (QED) is 0.819. The molecule has 2 aliphatic rings. The largest absolute Gasteiger partial charge is 0.345 e. The number of hydrogen-bond donors (Lipinski definition) is 2. The lowest BCUT2D eigenvalue weighted by atomic mass is 10.0. The highest BCUT2D eigenvalue weighted by atomic mass is 15.0. The smallest absolute Gasteiger partial charge is 0.120 e. The lowest BCUT2D eigenvalue weighted by Gasteiger charge is -2.06. The first-order valence-corrected chi connectivity index (χ1v) is 6.72. The van der Waals surface area contributed by atoms with Crippen LogP contribution in [0.5, 0.6) is 0 Å². The van der Waals surface area contributed by atoms with Crippen molar-refractivity contribution in [3.8, 4) is 0 Å². The van der Waals surface area contributed by atoms with Crippen LogP contribution in [0.1, 0.15) is 55.7 Å². The Morgan fingerprint density at radius 2 is 1.94 bits per heavy atom. The summed E-state index contributed by atoms with van der Waals surface area (Å²) in [5.74, 6) is 1.15. The molecule has 3 nitrogen and oxygen atoms in total. The second kappa shape index (κ2) is 4.58. The van der Waals surface area contributed by atoms with E-state index in [1.807, 2.05) is 0 Å². The molecule has 1 heterocycles. The molecular weight excluding hydrogens is 198 g/mol. The number of imidazole rings is 1. The minimum atomic E-state index is 0.771. The van der Waals surface area contributed by atoms with Crippen LogP contribution >= 0.6 is 0 Å². The summed E-state index contributed by atoms with van der Waals surface area (Å²) >= 11 is 0. The van der Waals surface area contributed by atoms with Crippen molar-refractivity contribution in [1.29, 1.82) is 0 Å². The zero-order valence-corrected chi connectivity index (χ0v) is 9.89. The van der Waals surface area contributed by atoms with Crippen LogP contribution in [0, 0.1) is 0 Å². The van der Waals surface area contributed by atoms with Crippen molar-refractivity contribution in [1.82, 2.24) is 15.3 Å². The third kappa shape index (κ3) is 2.46. The Hall–Kier alpha value is -0.830. The fourth-order valence-corrected chi connectivity index (χ4v) is 2.48. The summed E-state index contributed by atoms with van der Waals surface area (Å²) in [6.45, 7) is 0.928. The van der Waals surface area contributed by atoms with Crippen molar-refractivity contribution in [2.45, 2.75) is 64.0 Å². The van der Waals surface area contributed by atoms with Gasteiger partial charge in [0.15, 0.2) is 0 Å². The van der Waals surface area contributed by atoms with Crippen molar-refractivity contribution >= 4 is 0 Å². The molecule has 3 heteroatoms. The van der Waals surface area contributed by atoms with Crippen molar-refractivity contribution in [3.05, 3.63) is 17.2 Å². The van der Waals surface area contributed by atoms with Gasteiger partial charge in [0.2, 0.25) is 0 Å². The van der Waals surface area contributed by atoms with E-state index < -0.39 is 0 Å². The van der Waals surface area contributed by atoms with E-state index in [4.69, 9.17) is 4.98 Å². The molecule has 1 saturated carbocycles. The van der Waals surface area contributed by atoms with Crippen molar-refractivity contribution in [2.75, 3.05) is 0 Å². The molecule has 0 bridgehead atoms. The van der Waals surface area contributed by atoms with E-state index in [9.17, 15) is 0 Å². The molecule has 1 fully saturated rings. The van der Waals surface area contributed by atoms with Gasteiger partial charge in [-0.05, 0) is 38.5 Å². The van der Waals surface area contributed by atoms with Gasteiger partial charge < -0.3 is 10.3 Å². The molecule has 1 aromatic rings. The van der Waals surface area contributed by atoms with Gasteiger partial charge in [0.25, 0.3) is 0 Å². The van der Waals surface area contributed by atoms with E-state index in [1.54, 1.807) is 0 Å². The average Bonchev–Trinajstić information content (AvgIpc) is 3.01. The van der Waals surface area contributed by atoms with E-state index in [2.05, 4.69) is 10.3 Å². The van der Waals surface area contributed by atoms with Crippen LogP contribution in [0.25, 0.3) is 0 Å². The maximum absolute atomic E-state index is 4.73. The van der Waals surface area contributed by atoms with Crippen LogP contribution in [-0.4, -0.2) is 16.0 Å². The van der Waals surface area contributed by atoms with Crippen LogP contribution in [0.3, 0.4) is 0 Å². The molecule has 88 valence electrons. The first-order chi connectivity index (χ1) is 7.92. The van der Waals surface area contributed by atoms with Crippen molar-refractivity contribution in [3.63, 3.8) is 0 Å². The Labute approximate surface area is 97.0 Å². The molecule has 0 unspecified atom stereocenters. The van der Waals surface area contributed by atoms with E-state index in [0.717, 1.165) is 18.4 Å². The normalized spacial score (nSPS) is 21.2. The predicted octanol–water partition coefficient (Wildman–Crippen LogP) is 2.32. The molecule has 3 rings (SSSR count). The zero-order valence-electron chi connectivity index (χ0n) is 9.89. The van der Waals surface area contributed by atoms with E-state index >= 15 is 0 Å². The maximum Gasteiger partial charge on any atom is 0.120 e. The third-order valence-corrected chi connectivity index (χ3v) is 3.64. The molecule has 0 saturated heterocycles. The first kappa shape index (κ1) is 10.3. The second-order valence-electron chi connectivity index (χ2n) is 5.18. The van der Waals surface area contributed by atoms with Gasteiger partial charge in [-0.1, -0.05) is 12.8 Å². The average molecular weight is 219 g/mol. The molecule has 0 atom stereocenters. The monoisotopic (exact) mass is 219 g/mol. The summed E-state index contributed by atoms with van der Waals surface area (Å²) in [4.78, 5) is 8.25. The molecule has 0 radical (unpaired) electrons. The Morgan fingerprint density at radius 1 is 1.12 bits per heavy atom. The maximum atomic E-state index is 4.73. The summed E-state index contributed by atoms with van der Waals surface area (Å²) < 4.78 is 0. The van der Waals surface area contributed by atoms with Crippen LogP contribution in [0.4, 0.5) is 0 Å². The number of fused-ring (bicyclic) bond motifs is 1. The van der Waals surface area contributed by atoms with E-state index in [1.165, 1.54) is 62.8 Å². The first-order valence-electron chi connectivity index (χ1n) is 6.72. The Kier molecular flexibility index (Phi) is 2.96. The van der Waals surface area contributed by atoms with Crippen molar-refractivity contribution in [2.24, 2.45) is 0 Å². The number of nitrogens with one attached hydrogen (secondary N) is 2. The number of hydrogen-bond acceptors (Lipinski definition) is 2. The van der Waals surface area contributed by atoms with Crippen LogP contribution in [0.15, 0.2) is 0 Å². The topological polar surface area (TPSA) is 40.7 Å². The molecule has 2 N–H and O–H groups in total. The fraction of sp³-hybridized carbons (Fsp3) is 0.769. The number of H-pyrrole nitrogens is 1. The molecule has 16 heavy (non-hydrogen) atoms. The number of aryl methyl sites for hydroxylation is 2. The minimum Gasteiger partial charge on any atom is -0.345 e. The SMILES string of the molecule is C1CCCc2[nH]c(CNC3CC3)nc2CC1. The Balaban J connectivity index is 1.67. The van der Waals surface area contributed by atoms with E-state index in [-0.39, 0.29) is 0 Å². The summed E-state index contributed by atoms with van der Waals surface area (Å²) in [6, 6.07) is 0.771. The van der Waals surface area contributed by atoms with Gasteiger partial charge in [-0.2, -0.15) is 0 Å². The number of rotatable bonds is 3. The zero-order chi connectivity index (χ0) is 10.8. The lowest BCUT2D eigenvalue weighted by Crippen LogP contribution is -2.16. The Bertz CT molecular complexity index is 327. The van der Waals surface area contributed by atoms with Gasteiger partial charge in [-0.15, -0.1) is 0 Å². The molecule has 2 aliphatic carbocycles. The lowest BCUT2D eigenvalue weighted by molar-refractivity contribution is 0.608. The summed E-state index contributed by atoms with van der Waals surface area (Å²) in [6.07, 6.45) is 10.5. The Morgan fingerprint density at radius 3 is 2.75 bits per heavy atom. The van der Waals surface area contributed by atoms with Gasteiger partial charge in [-0.25, -0.2) is 4.98 Å².